The van der Waals surface area contributed by atoms with Crippen molar-refractivity contribution in [3.8, 4) is 0 Å². The van der Waals surface area contributed by atoms with E-state index in [4.69, 9.17) is 16.3 Å². The molecule has 1 heterocycles. The zero-order valence-electron chi connectivity index (χ0n) is 23.4. The van der Waals surface area contributed by atoms with Gasteiger partial charge in [0, 0.05) is 22.9 Å². The summed E-state index contributed by atoms with van der Waals surface area (Å²) >= 11 is 6.16. The molecule has 218 valence electrons. The first-order chi connectivity index (χ1) is 19.1. The smallest absolute Gasteiger partial charge is 0.328 e. The van der Waals surface area contributed by atoms with Crippen molar-refractivity contribution in [2.24, 2.45) is 5.92 Å². The van der Waals surface area contributed by atoms with Crippen molar-refractivity contribution in [1.82, 2.24) is 16.0 Å². The number of methoxy groups -OCH3 is 1. The summed E-state index contributed by atoms with van der Waals surface area (Å²) in [4.78, 5) is 50.4. The number of aliphatic hydroxyl groups excluding tert-OH is 1. The van der Waals surface area contributed by atoms with Gasteiger partial charge in [-0.2, -0.15) is 0 Å². The van der Waals surface area contributed by atoms with Crippen LogP contribution in [0.25, 0.3) is 0 Å². The summed E-state index contributed by atoms with van der Waals surface area (Å²) in [5.74, 6) is -2.22. The standard InChI is InChI=1S/C30H40ClN3O6/c1-4-5-9-23(28(38)34-24(29(39)40-3)16-20-12-15-32-27(20)37)33-26(36)18-25(35)19-10-13-30(2,14-11-19)21-7-6-8-22(31)17-21/h6-8,10-11,13,17,20,23-25,35H,4-5,9,12,14-16,18H2,1-3H3,(H,32,37)(H,33,36)(H,34,38)/t20-,23-,24-,25?,30?/m0/s1. The highest BCUT2D eigenvalue weighted by atomic mass is 35.5. The molecule has 0 saturated carbocycles. The molecule has 1 saturated heterocycles. The fraction of sp³-hybridized carbons (Fsp3) is 0.533. The van der Waals surface area contributed by atoms with Gasteiger partial charge in [-0.15, -0.1) is 0 Å². The molecule has 3 amide bonds. The predicted octanol–water partition coefficient (Wildman–Crippen LogP) is 3.09. The average molecular weight is 574 g/mol. The van der Waals surface area contributed by atoms with Gasteiger partial charge in [0.25, 0.3) is 0 Å². The molecular formula is C30H40ClN3O6. The minimum Gasteiger partial charge on any atom is -0.467 e. The van der Waals surface area contributed by atoms with Crippen LogP contribution in [0.5, 0.6) is 0 Å². The van der Waals surface area contributed by atoms with E-state index in [0.717, 1.165) is 12.0 Å². The first-order valence-corrected chi connectivity index (χ1v) is 14.2. The Morgan fingerprint density at radius 2 is 2.02 bits per heavy atom. The van der Waals surface area contributed by atoms with Crippen molar-refractivity contribution in [3.63, 3.8) is 0 Å². The van der Waals surface area contributed by atoms with E-state index in [-0.39, 0.29) is 24.2 Å². The molecule has 0 spiro atoms. The molecule has 1 fully saturated rings. The number of carbonyl (C=O) groups excluding carboxylic acids is 4. The molecule has 1 aromatic rings. The Morgan fingerprint density at radius 3 is 2.62 bits per heavy atom. The van der Waals surface area contributed by atoms with E-state index < -0.39 is 41.9 Å². The molecule has 1 aromatic carbocycles. The van der Waals surface area contributed by atoms with Crippen molar-refractivity contribution >= 4 is 35.3 Å². The Morgan fingerprint density at radius 1 is 1.25 bits per heavy atom. The first-order valence-electron chi connectivity index (χ1n) is 13.8. The number of benzene rings is 1. The molecule has 10 heteroatoms. The van der Waals surface area contributed by atoms with Crippen LogP contribution in [0, 0.1) is 5.92 Å². The third kappa shape index (κ3) is 8.41. The van der Waals surface area contributed by atoms with Gasteiger partial charge in [-0.25, -0.2) is 4.79 Å². The highest BCUT2D eigenvalue weighted by molar-refractivity contribution is 6.30. The minimum atomic E-state index is -1.04. The number of amides is 3. The number of nitrogens with one attached hydrogen (secondary N) is 3. The Kier molecular flexibility index (Phi) is 11.3. The van der Waals surface area contributed by atoms with E-state index in [2.05, 4.69) is 22.9 Å². The monoisotopic (exact) mass is 573 g/mol. The maximum atomic E-state index is 13.2. The van der Waals surface area contributed by atoms with Crippen LogP contribution in [0.1, 0.15) is 64.4 Å². The molecule has 5 atom stereocenters. The number of halogens is 1. The lowest BCUT2D eigenvalue weighted by atomic mass is 9.75. The van der Waals surface area contributed by atoms with E-state index in [1.54, 1.807) is 0 Å². The van der Waals surface area contributed by atoms with Gasteiger partial charge in [-0.1, -0.05) is 68.7 Å². The number of esters is 1. The molecule has 2 aliphatic rings. The van der Waals surface area contributed by atoms with Crippen LogP contribution < -0.4 is 16.0 Å². The third-order valence-corrected chi connectivity index (χ3v) is 7.87. The molecular weight excluding hydrogens is 534 g/mol. The zero-order valence-corrected chi connectivity index (χ0v) is 24.1. The number of ether oxygens (including phenoxy) is 1. The highest BCUT2D eigenvalue weighted by Crippen LogP contribution is 2.35. The predicted molar refractivity (Wildman–Crippen MR) is 152 cm³/mol. The topological polar surface area (TPSA) is 134 Å². The van der Waals surface area contributed by atoms with Gasteiger partial charge in [0.2, 0.25) is 17.7 Å². The fourth-order valence-electron chi connectivity index (χ4n) is 5.06. The minimum absolute atomic E-state index is 0.117. The number of carbonyl (C=O) groups is 4. The number of hydrogen-bond acceptors (Lipinski definition) is 6. The Labute approximate surface area is 240 Å². The SMILES string of the molecule is CCCC[C@H](NC(=O)CC(O)C1=CCC(C)(c2cccc(Cl)c2)C=C1)C(=O)N[C@@H](C[C@@H]1CCNC1=O)C(=O)OC. The van der Waals surface area contributed by atoms with Gasteiger partial charge < -0.3 is 25.8 Å². The quantitative estimate of drug-likeness (QED) is 0.268. The second kappa shape index (κ2) is 14.5. The molecule has 9 nitrogen and oxygen atoms in total. The van der Waals surface area contributed by atoms with Gasteiger partial charge in [-0.05, 0) is 49.0 Å². The molecule has 3 rings (SSSR count). The van der Waals surface area contributed by atoms with Crippen LogP contribution in [0.15, 0.2) is 48.1 Å². The fourth-order valence-corrected chi connectivity index (χ4v) is 5.25. The number of rotatable bonds is 13. The molecule has 1 aliphatic carbocycles. The number of aliphatic hydroxyl groups is 1. The Hall–Kier alpha value is -3.17. The van der Waals surface area contributed by atoms with Gasteiger partial charge in [0.1, 0.15) is 12.1 Å². The van der Waals surface area contributed by atoms with Crippen molar-refractivity contribution in [3.05, 3.63) is 58.7 Å². The van der Waals surface area contributed by atoms with E-state index >= 15 is 0 Å². The summed E-state index contributed by atoms with van der Waals surface area (Å²) < 4.78 is 4.84. The van der Waals surface area contributed by atoms with Crippen molar-refractivity contribution in [2.75, 3.05) is 13.7 Å². The molecule has 2 unspecified atom stereocenters. The van der Waals surface area contributed by atoms with E-state index in [1.165, 1.54) is 7.11 Å². The summed E-state index contributed by atoms with van der Waals surface area (Å²) in [5.41, 5.74) is 1.40. The normalized spacial score (nSPS) is 22.5. The van der Waals surface area contributed by atoms with Crippen molar-refractivity contribution < 1.29 is 29.0 Å². The molecule has 1 aliphatic heterocycles. The third-order valence-electron chi connectivity index (χ3n) is 7.64. The maximum Gasteiger partial charge on any atom is 0.328 e. The summed E-state index contributed by atoms with van der Waals surface area (Å²) in [7, 11) is 1.22. The Balaban J connectivity index is 1.60. The van der Waals surface area contributed by atoms with E-state index in [9.17, 15) is 24.3 Å². The van der Waals surface area contributed by atoms with Gasteiger partial charge in [0.15, 0.2) is 0 Å². The summed E-state index contributed by atoms with van der Waals surface area (Å²) in [5, 5.41) is 19.6. The number of hydrogen-bond donors (Lipinski definition) is 4. The molecule has 0 bridgehead atoms. The van der Waals surface area contributed by atoms with Crippen LogP contribution in [0.3, 0.4) is 0 Å². The maximum absolute atomic E-state index is 13.2. The van der Waals surface area contributed by atoms with Gasteiger partial charge in [-0.3, -0.25) is 14.4 Å². The summed E-state index contributed by atoms with van der Waals surface area (Å²) in [6, 6.07) is 5.74. The highest BCUT2D eigenvalue weighted by Gasteiger charge is 2.34. The lowest BCUT2D eigenvalue weighted by molar-refractivity contribution is -0.146. The van der Waals surface area contributed by atoms with E-state index in [0.29, 0.717) is 42.8 Å². The lowest BCUT2D eigenvalue weighted by Gasteiger charge is -2.30. The van der Waals surface area contributed by atoms with Crippen LogP contribution in [0.2, 0.25) is 5.02 Å². The lowest BCUT2D eigenvalue weighted by Crippen LogP contribution is -2.52. The molecule has 0 radical (unpaired) electrons. The average Bonchev–Trinajstić information content (AvgIpc) is 3.34. The first kappa shape index (κ1) is 31.4. The van der Waals surface area contributed by atoms with Crippen LogP contribution in [-0.4, -0.2) is 60.6 Å². The van der Waals surface area contributed by atoms with E-state index in [1.807, 2.05) is 49.4 Å². The largest absolute Gasteiger partial charge is 0.467 e. The zero-order chi connectivity index (χ0) is 29.3. The second-order valence-electron chi connectivity index (χ2n) is 10.7. The van der Waals surface area contributed by atoms with Crippen LogP contribution >= 0.6 is 11.6 Å². The van der Waals surface area contributed by atoms with Crippen LogP contribution in [-0.2, 0) is 29.3 Å². The van der Waals surface area contributed by atoms with Gasteiger partial charge >= 0.3 is 5.97 Å². The summed E-state index contributed by atoms with van der Waals surface area (Å²) in [6.07, 6.45) is 7.63. The number of unbranched alkanes of at least 4 members (excludes halogenated alkanes) is 1. The molecule has 4 N–H and O–H groups in total. The Bertz CT molecular complexity index is 1150. The summed E-state index contributed by atoms with van der Waals surface area (Å²) in [6.45, 7) is 4.57. The number of allylic oxidation sites excluding steroid dienone is 2. The molecule has 0 aromatic heterocycles. The van der Waals surface area contributed by atoms with Gasteiger partial charge in [0.05, 0.1) is 19.6 Å². The van der Waals surface area contributed by atoms with Crippen molar-refractivity contribution in [2.45, 2.75) is 82.4 Å². The van der Waals surface area contributed by atoms with Crippen LogP contribution in [0.4, 0.5) is 0 Å². The van der Waals surface area contributed by atoms with Crippen molar-refractivity contribution in [1.29, 1.82) is 0 Å². The second-order valence-corrected chi connectivity index (χ2v) is 11.2. The molecule has 40 heavy (non-hydrogen) atoms.